The van der Waals surface area contributed by atoms with Gasteiger partial charge < -0.3 is 10.2 Å². The number of benzene rings is 1. The van der Waals surface area contributed by atoms with E-state index in [-0.39, 0.29) is 11.9 Å². The number of anilines is 1. The van der Waals surface area contributed by atoms with Crippen molar-refractivity contribution < 1.29 is 4.79 Å². The first-order valence-electron chi connectivity index (χ1n) is 10.1. The topological polar surface area (TPSA) is 61.4 Å². The Balaban J connectivity index is 1.57. The van der Waals surface area contributed by atoms with Crippen molar-refractivity contribution in [2.75, 3.05) is 37.6 Å². The number of fused-ring (bicyclic) bond motifs is 1. The lowest BCUT2D eigenvalue weighted by Gasteiger charge is -2.35. The molecule has 0 spiro atoms. The summed E-state index contributed by atoms with van der Waals surface area (Å²) >= 11 is 1.67. The summed E-state index contributed by atoms with van der Waals surface area (Å²) < 4.78 is 0. The molecular formula is C22H27N5OS. The molecule has 1 aliphatic heterocycles. The fourth-order valence-corrected chi connectivity index (χ4v) is 4.76. The molecule has 3 aromatic rings. The molecule has 0 atom stereocenters. The van der Waals surface area contributed by atoms with Crippen LogP contribution in [0.15, 0.2) is 35.7 Å². The van der Waals surface area contributed by atoms with Gasteiger partial charge in [-0.05, 0) is 26.3 Å². The van der Waals surface area contributed by atoms with Crippen LogP contribution in [0.25, 0.3) is 21.3 Å². The van der Waals surface area contributed by atoms with Crippen molar-refractivity contribution in [2.45, 2.75) is 26.8 Å². The Kier molecular flexibility index (Phi) is 5.78. The van der Waals surface area contributed by atoms with Crippen molar-refractivity contribution in [3.8, 4) is 11.1 Å². The third kappa shape index (κ3) is 4.41. The number of carbonyl (C=O) groups is 1. The van der Waals surface area contributed by atoms with Crippen LogP contribution in [0.4, 0.5) is 5.82 Å². The smallest absolute Gasteiger partial charge is 0.234 e. The number of hydrogen-bond acceptors (Lipinski definition) is 6. The first kappa shape index (κ1) is 19.8. The summed E-state index contributed by atoms with van der Waals surface area (Å²) in [5.74, 6) is 1.91. The second-order valence-electron chi connectivity index (χ2n) is 7.78. The van der Waals surface area contributed by atoms with Gasteiger partial charge in [0.05, 0.1) is 11.9 Å². The molecule has 6 nitrogen and oxygen atoms in total. The van der Waals surface area contributed by atoms with E-state index in [1.165, 1.54) is 11.1 Å². The zero-order chi connectivity index (χ0) is 20.4. The minimum absolute atomic E-state index is 0.0953. The molecule has 152 valence electrons. The number of piperazine rings is 1. The number of hydrogen-bond donors (Lipinski definition) is 1. The average Bonchev–Trinajstić information content (AvgIpc) is 3.12. The summed E-state index contributed by atoms with van der Waals surface area (Å²) in [6.45, 7) is 9.79. The van der Waals surface area contributed by atoms with Gasteiger partial charge in [0.1, 0.15) is 16.5 Å². The Morgan fingerprint density at radius 2 is 1.86 bits per heavy atom. The first-order valence-corrected chi connectivity index (χ1v) is 11.0. The van der Waals surface area contributed by atoms with Crippen molar-refractivity contribution in [3.05, 3.63) is 41.5 Å². The predicted octanol–water partition coefficient (Wildman–Crippen LogP) is 3.31. The predicted molar refractivity (Wildman–Crippen MR) is 120 cm³/mol. The number of aryl methyl sites for hydroxylation is 1. The third-order valence-electron chi connectivity index (χ3n) is 5.10. The zero-order valence-corrected chi connectivity index (χ0v) is 18.0. The molecule has 1 aliphatic rings. The van der Waals surface area contributed by atoms with Gasteiger partial charge in [0.25, 0.3) is 0 Å². The van der Waals surface area contributed by atoms with E-state index in [0.29, 0.717) is 6.54 Å². The van der Waals surface area contributed by atoms with E-state index in [1.54, 1.807) is 11.3 Å². The average molecular weight is 410 g/mol. The van der Waals surface area contributed by atoms with Gasteiger partial charge in [0, 0.05) is 43.2 Å². The van der Waals surface area contributed by atoms with Gasteiger partial charge in [-0.1, -0.05) is 30.3 Å². The molecule has 4 rings (SSSR count). The molecule has 1 amide bonds. The summed E-state index contributed by atoms with van der Waals surface area (Å²) in [6, 6.07) is 10.6. The first-order chi connectivity index (χ1) is 14.0. The summed E-state index contributed by atoms with van der Waals surface area (Å²) in [5.41, 5.74) is 2.38. The Morgan fingerprint density at radius 3 is 2.55 bits per heavy atom. The van der Waals surface area contributed by atoms with Crippen molar-refractivity contribution in [3.63, 3.8) is 0 Å². The van der Waals surface area contributed by atoms with E-state index >= 15 is 0 Å². The van der Waals surface area contributed by atoms with Crippen LogP contribution in [-0.2, 0) is 4.79 Å². The van der Waals surface area contributed by atoms with Crippen molar-refractivity contribution >= 4 is 33.3 Å². The fourth-order valence-electron chi connectivity index (χ4n) is 3.77. The molecule has 0 saturated carbocycles. The minimum atomic E-state index is 0.0953. The maximum atomic E-state index is 12.1. The van der Waals surface area contributed by atoms with Gasteiger partial charge in [-0.3, -0.25) is 9.69 Å². The highest BCUT2D eigenvalue weighted by molar-refractivity contribution is 7.17. The Hall–Kier alpha value is -2.51. The second-order valence-corrected chi connectivity index (χ2v) is 8.63. The number of rotatable bonds is 5. The van der Waals surface area contributed by atoms with E-state index in [1.807, 2.05) is 26.8 Å². The monoisotopic (exact) mass is 409 g/mol. The Bertz CT molecular complexity index is 993. The van der Waals surface area contributed by atoms with Crippen LogP contribution in [0.5, 0.6) is 0 Å². The standard InChI is InChI=1S/C22H27N5OS/c1-15(2)23-19(28)13-26-9-11-27(12-10-26)21-20-18(17-7-5-4-6-8-17)14-29-22(20)25-16(3)24-21/h4-8,14-15H,9-13H2,1-3H3,(H,23,28). The Labute approximate surface area is 175 Å². The molecule has 0 aliphatic carbocycles. The molecular weight excluding hydrogens is 382 g/mol. The Morgan fingerprint density at radius 1 is 1.14 bits per heavy atom. The molecule has 0 radical (unpaired) electrons. The summed E-state index contributed by atoms with van der Waals surface area (Å²) in [5, 5.41) is 6.29. The lowest BCUT2D eigenvalue weighted by molar-refractivity contribution is -0.122. The number of amides is 1. The number of nitrogens with zero attached hydrogens (tertiary/aromatic N) is 4. The van der Waals surface area contributed by atoms with E-state index in [9.17, 15) is 4.79 Å². The highest BCUT2D eigenvalue weighted by Gasteiger charge is 2.24. The minimum Gasteiger partial charge on any atom is -0.353 e. The number of thiophene rings is 1. The molecule has 1 aromatic carbocycles. The van der Waals surface area contributed by atoms with Crippen molar-refractivity contribution in [1.29, 1.82) is 0 Å². The SMILES string of the molecule is Cc1nc(N2CCN(CC(=O)NC(C)C)CC2)c2c(-c3ccccc3)csc2n1. The van der Waals surface area contributed by atoms with E-state index in [0.717, 1.165) is 48.0 Å². The molecule has 0 bridgehead atoms. The molecule has 7 heteroatoms. The molecule has 1 N–H and O–H groups in total. The van der Waals surface area contributed by atoms with Gasteiger partial charge in [0.2, 0.25) is 5.91 Å². The third-order valence-corrected chi connectivity index (χ3v) is 5.97. The molecule has 1 fully saturated rings. The largest absolute Gasteiger partial charge is 0.353 e. The number of aromatic nitrogens is 2. The van der Waals surface area contributed by atoms with Gasteiger partial charge in [-0.2, -0.15) is 0 Å². The molecule has 3 heterocycles. The lowest BCUT2D eigenvalue weighted by Crippen LogP contribution is -2.50. The van der Waals surface area contributed by atoms with Gasteiger partial charge in [-0.15, -0.1) is 11.3 Å². The van der Waals surface area contributed by atoms with Crippen LogP contribution >= 0.6 is 11.3 Å². The molecule has 0 unspecified atom stereocenters. The molecule has 29 heavy (non-hydrogen) atoms. The van der Waals surface area contributed by atoms with Crippen LogP contribution in [0.3, 0.4) is 0 Å². The molecule has 2 aromatic heterocycles. The van der Waals surface area contributed by atoms with Gasteiger partial charge >= 0.3 is 0 Å². The highest BCUT2D eigenvalue weighted by atomic mass is 32.1. The van der Waals surface area contributed by atoms with E-state index in [2.05, 4.69) is 49.7 Å². The van der Waals surface area contributed by atoms with Crippen molar-refractivity contribution in [1.82, 2.24) is 20.2 Å². The molecule has 1 saturated heterocycles. The van der Waals surface area contributed by atoms with Crippen LogP contribution in [0.1, 0.15) is 19.7 Å². The van der Waals surface area contributed by atoms with E-state index < -0.39 is 0 Å². The maximum absolute atomic E-state index is 12.1. The van der Waals surface area contributed by atoms with Crippen LogP contribution in [0.2, 0.25) is 0 Å². The quantitative estimate of drug-likeness (QED) is 0.701. The van der Waals surface area contributed by atoms with Gasteiger partial charge in [0.15, 0.2) is 0 Å². The van der Waals surface area contributed by atoms with Crippen molar-refractivity contribution in [2.24, 2.45) is 0 Å². The zero-order valence-electron chi connectivity index (χ0n) is 17.2. The maximum Gasteiger partial charge on any atom is 0.234 e. The van der Waals surface area contributed by atoms with Crippen LogP contribution in [-0.4, -0.2) is 59.5 Å². The highest BCUT2D eigenvalue weighted by Crippen LogP contribution is 2.38. The fraction of sp³-hybridized carbons (Fsp3) is 0.409. The lowest BCUT2D eigenvalue weighted by atomic mass is 10.1. The normalized spacial score (nSPS) is 15.2. The van der Waals surface area contributed by atoms with E-state index in [4.69, 9.17) is 4.98 Å². The summed E-state index contributed by atoms with van der Waals surface area (Å²) in [4.78, 5) is 27.2. The summed E-state index contributed by atoms with van der Waals surface area (Å²) in [7, 11) is 0. The number of carbonyl (C=O) groups excluding carboxylic acids is 1. The summed E-state index contributed by atoms with van der Waals surface area (Å²) in [6.07, 6.45) is 0. The number of nitrogens with one attached hydrogen (secondary N) is 1. The van der Waals surface area contributed by atoms with Crippen LogP contribution < -0.4 is 10.2 Å². The second kappa shape index (κ2) is 8.47. The van der Waals surface area contributed by atoms with Gasteiger partial charge in [-0.25, -0.2) is 9.97 Å². The van der Waals surface area contributed by atoms with Crippen LogP contribution in [0, 0.1) is 6.92 Å².